The molecule has 0 radical (unpaired) electrons. The van der Waals surface area contributed by atoms with E-state index in [1.54, 1.807) is 0 Å². The minimum atomic E-state index is 0.345. The molecule has 2 aromatic rings. The van der Waals surface area contributed by atoms with E-state index in [9.17, 15) is 0 Å². The van der Waals surface area contributed by atoms with Gasteiger partial charge in [-0.25, -0.2) is 0 Å². The van der Waals surface area contributed by atoms with Crippen LogP contribution in [-0.4, -0.2) is 23.4 Å². The van der Waals surface area contributed by atoms with Gasteiger partial charge >= 0.3 is 0 Å². The maximum atomic E-state index is 6.25. The lowest BCUT2D eigenvalue weighted by molar-refractivity contribution is 0.697. The van der Waals surface area contributed by atoms with E-state index in [0.717, 1.165) is 30.2 Å². The molecule has 0 aliphatic carbocycles. The van der Waals surface area contributed by atoms with Gasteiger partial charge in [-0.05, 0) is 17.9 Å². The molecule has 4 heteroatoms. The predicted molar refractivity (Wildman–Crippen MR) is 85.1 cm³/mol. The quantitative estimate of drug-likeness (QED) is 0.910. The number of anilines is 2. The standard InChI is InChI=1S/C16H24N4/c1-12(2)15-14(17)16(20(4)18-15)19(3)11-10-13-8-6-5-7-9-13/h5-9,12H,10-11,17H2,1-4H3. The lowest BCUT2D eigenvalue weighted by Gasteiger charge is -2.20. The van der Waals surface area contributed by atoms with Crippen molar-refractivity contribution in [3.05, 3.63) is 41.6 Å². The molecule has 2 N–H and O–H groups in total. The molecule has 0 saturated carbocycles. The first-order valence-corrected chi connectivity index (χ1v) is 7.08. The van der Waals surface area contributed by atoms with Crippen LogP contribution in [0.3, 0.4) is 0 Å². The number of rotatable bonds is 5. The van der Waals surface area contributed by atoms with Gasteiger partial charge in [0.2, 0.25) is 0 Å². The molecule has 0 unspecified atom stereocenters. The highest BCUT2D eigenvalue weighted by Crippen LogP contribution is 2.29. The fourth-order valence-electron chi connectivity index (χ4n) is 2.48. The minimum absolute atomic E-state index is 0.345. The van der Waals surface area contributed by atoms with Gasteiger partial charge < -0.3 is 10.6 Å². The van der Waals surface area contributed by atoms with Crippen LogP contribution >= 0.6 is 0 Å². The molecule has 0 fully saturated rings. The van der Waals surface area contributed by atoms with Crippen LogP contribution in [-0.2, 0) is 13.5 Å². The van der Waals surface area contributed by atoms with E-state index in [-0.39, 0.29) is 0 Å². The Morgan fingerprint density at radius 1 is 1.25 bits per heavy atom. The lowest BCUT2D eigenvalue weighted by atomic mass is 10.1. The number of hydrogen-bond acceptors (Lipinski definition) is 3. The molecule has 0 atom stereocenters. The van der Waals surface area contributed by atoms with Gasteiger partial charge in [-0.1, -0.05) is 44.2 Å². The van der Waals surface area contributed by atoms with E-state index < -0.39 is 0 Å². The van der Waals surface area contributed by atoms with Gasteiger partial charge in [-0.3, -0.25) is 4.68 Å². The average Bonchev–Trinajstić information content (AvgIpc) is 2.73. The summed E-state index contributed by atoms with van der Waals surface area (Å²) in [4.78, 5) is 2.18. The second-order valence-electron chi connectivity index (χ2n) is 5.56. The summed E-state index contributed by atoms with van der Waals surface area (Å²) in [6.07, 6.45) is 0.999. The molecule has 0 aliphatic rings. The number of nitrogens with two attached hydrogens (primary N) is 1. The van der Waals surface area contributed by atoms with Gasteiger partial charge in [0.25, 0.3) is 0 Å². The molecule has 20 heavy (non-hydrogen) atoms. The monoisotopic (exact) mass is 272 g/mol. The number of hydrogen-bond donors (Lipinski definition) is 1. The Morgan fingerprint density at radius 3 is 2.45 bits per heavy atom. The van der Waals surface area contributed by atoms with Gasteiger partial charge in [0.1, 0.15) is 5.82 Å². The highest BCUT2D eigenvalue weighted by molar-refractivity contribution is 5.66. The van der Waals surface area contributed by atoms with Crippen molar-refractivity contribution in [2.75, 3.05) is 24.2 Å². The highest BCUT2D eigenvalue weighted by atomic mass is 15.4. The molecular weight excluding hydrogens is 248 g/mol. The number of likely N-dealkylation sites (N-methyl/N-ethyl adjacent to an activating group) is 1. The van der Waals surface area contributed by atoms with E-state index in [1.165, 1.54) is 5.56 Å². The molecule has 0 amide bonds. The van der Waals surface area contributed by atoms with Crippen LogP contribution in [0.5, 0.6) is 0 Å². The Kier molecular flexibility index (Phi) is 4.32. The van der Waals surface area contributed by atoms with Crippen LogP contribution < -0.4 is 10.6 Å². The van der Waals surface area contributed by atoms with Crippen LogP contribution in [0.1, 0.15) is 31.0 Å². The van der Waals surface area contributed by atoms with Crippen LogP contribution in [0.15, 0.2) is 30.3 Å². The van der Waals surface area contributed by atoms with Crippen molar-refractivity contribution >= 4 is 11.5 Å². The maximum absolute atomic E-state index is 6.25. The molecule has 2 rings (SSSR count). The average molecular weight is 272 g/mol. The van der Waals surface area contributed by atoms with E-state index in [1.807, 2.05) is 17.8 Å². The summed E-state index contributed by atoms with van der Waals surface area (Å²) < 4.78 is 1.88. The fraction of sp³-hybridized carbons (Fsp3) is 0.438. The predicted octanol–water partition coefficient (Wildman–Crippen LogP) is 2.80. The van der Waals surface area contributed by atoms with Gasteiger partial charge in [-0.2, -0.15) is 5.10 Å². The number of nitrogens with zero attached hydrogens (tertiary/aromatic N) is 3. The van der Waals surface area contributed by atoms with Gasteiger partial charge in [0, 0.05) is 20.6 Å². The largest absolute Gasteiger partial charge is 0.394 e. The van der Waals surface area contributed by atoms with E-state index in [2.05, 4.69) is 55.2 Å². The summed E-state index contributed by atoms with van der Waals surface area (Å²) in [5.41, 5.74) is 9.37. The highest BCUT2D eigenvalue weighted by Gasteiger charge is 2.18. The molecule has 1 aromatic heterocycles. The number of aryl methyl sites for hydroxylation is 1. The van der Waals surface area contributed by atoms with Gasteiger partial charge in [-0.15, -0.1) is 0 Å². The van der Waals surface area contributed by atoms with Crippen molar-refractivity contribution in [3.63, 3.8) is 0 Å². The summed E-state index contributed by atoms with van der Waals surface area (Å²) in [6.45, 7) is 5.16. The smallest absolute Gasteiger partial charge is 0.150 e. The Bertz CT molecular complexity index is 557. The van der Waals surface area contributed by atoms with E-state index in [4.69, 9.17) is 5.73 Å². The van der Waals surface area contributed by atoms with Crippen LogP contribution in [0.25, 0.3) is 0 Å². The maximum Gasteiger partial charge on any atom is 0.150 e. The summed E-state index contributed by atoms with van der Waals surface area (Å²) >= 11 is 0. The van der Waals surface area contributed by atoms with Crippen molar-refractivity contribution < 1.29 is 0 Å². The zero-order valence-corrected chi connectivity index (χ0v) is 12.8. The summed E-state index contributed by atoms with van der Waals surface area (Å²) in [6, 6.07) is 10.5. The van der Waals surface area contributed by atoms with Crippen molar-refractivity contribution in [2.45, 2.75) is 26.2 Å². The van der Waals surface area contributed by atoms with Gasteiger partial charge in [0.05, 0.1) is 11.4 Å². The lowest BCUT2D eigenvalue weighted by Crippen LogP contribution is -2.23. The Labute approximate surface area is 121 Å². The number of aromatic nitrogens is 2. The second kappa shape index (κ2) is 5.99. The van der Waals surface area contributed by atoms with Crippen LogP contribution in [0, 0.1) is 0 Å². The SMILES string of the molecule is CC(C)c1nn(C)c(N(C)CCc2ccccc2)c1N. The van der Waals surface area contributed by atoms with Crippen molar-refractivity contribution in [1.82, 2.24) is 9.78 Å². The Morgan fingerprint density at radius 2 is 1.90 bits per heavy atom. The third-order valence-corrected chi connectivity index (χ3v) is 3.57. The van der Waals surface area contributed by atoms with Crippen LogP contribution in [0.4, 0.5) is 11.5 Å². The molecule has 0 bridgehead atoms. The number of benzene rings is 1. The van der Waals surface area contributed by atoms with Crippen molar-refractivity contribution in [3.8, 4) is 0 Å². The van der Waals surface area contributed by atoms with Gasteiger partial charge in [0.15, 0.2) is 0 Å². The molecular formula is C16H24N4. The summed E-state index contributed by atoms with van der Waals surface area (Å²) in [5, 5.41) is 4.54. The Hall–Kier alpha value is -1.97. The topological polar surface area (TPSA) is 47.1 Å². The first kappa shape index (κ1) is 14.4. The molecule has 0 aliphatic heterocycles. The first-order valence-electron chi connectivity index (χ1n) is 7.08. The molecule has 4 nitrogen and oxygen atoms in total. The molecule has 0 saturated heterocycles. The zero-order chi connectivity index (χ0) is 14.7. The summed E-state index contributed by atoms with van der Waals surface area (Å²) in [5.74, 6) is 1.35. The van der Waals surface area contributed by atoms with Crippen molar-refractivity contribution in [1.29, 1.82) is 0 Å². The van der Waals surface area contributed by atoms with E-state index >= 15 is 0 Å². The second-order valence-corrected chi connectivity index (χ2v) is 5.56. The van der Waals surface area contributed by atoms with Crippen LogP contribution in [0.2, 0.25) is 0 Å². The Balaban J connectivity index is 2.11. The molecule has 0 spiro atoms. The molecule has 1 heterocycles. The first-order chi connectivity index (χ1) is 9.50. The minimum Gasteiger partial charge on any atom is -0.394 e. The normalized spacial score (nSPS) is 11.1. The summed E-state index contributed by atoms with van der Waals surface area (Å²) in [7, 11) is 4.02. The molecule has 1 aromatic carbocycles. The van der Waals surface area contributed by atoms with E-state index in [0.29, 0.717) is 5.92 Å². The third-order valence-electron chi connectivity index (χ3n) is 3.57. The third kappa shape index (κ3) is 2.95. The number of nitrogen functional groups attached to an aromatic ring is 1. The zero-order valence-electron chi connectivity index (χ0n) is 12.8. The van der Waals surface area contributed by atoms with Crippen molar-refractivity contribution in [2.24, 2.45) is 7.05 Å². The fourth-order valence-corrected chi connectivity index (χ4v) is 2.48. The molecule has 108 valence electrons.